The number of hydrogen-bond donors (Lipinski definition) is 1. The summed E-state index contributed by atoms with van der Waals surface area (Å²) in [6, 6.07) is 19.4. The highest BCUT2D eigenvalue weighted by atomic mass is 79.9. The number of hydrogen-bond acceptors (Lipinski definition) is 3. The summed E-state index contributed by atoms with van der Waals surface area (Å²) in [6.07, 6.45) is 22.5. The Morgan fingerprint density at radius 2 is 1.27 bits per heavy atom. The van der Waals surface area contributed by atoms with Crippen LogP contribution in [0.4, 0.5) is 5.69 Å². The van der Waals surface area contributed by atoms with Crippen LogP contribution in [0.15, 0.2) is 73.1 Å². The van der Waals surface area contributed by atoms with Crippen LogP contribution < -0.4 is 31.6 Å². The summed E-state index contributed by atoms with van der Waals surface area (Å²) in [5, 5.41) is 2.99. The predicted octanol–water partition coefficient (Wildman–Crippen LogP) is 6.27. The molecule has 0 fully saturated rings. The normalized spacial score (nSPS) is 10.7. The van der Waals surface area contributed by atoms with E-state index >= 15 is 0 Å². The number of benzene rings is 2. The van der Waals surface area contributed by atoms with Gasteiger partial charge in [0.15, 0.2) is 24.7 Å². The van der Waals surface area contributed by atoms with E-state index in [1.54, 1.807) is 13.0 Å². The van der Waals surface area contributed by atoms with Crippen LogP contribution in [0.3, 0.4) is 0 Å². The molecule has 0 radical (unpaired) electrons. The SMILES string of the molecule is CCCCCCCCCCCCCCCCOc1c(CC(=O)Nc2ccc(C[n+]3ccccc3)cc2)cccc1C(C)=O.[Br-]. The van der Waals surface area contributed by atoms with E-state index in [4.69, 9.17) is 4.74 Å². The fourth-order valence-electron chi connectivity index (χ4n) is 5.46. The number of aromatic nitrogens is 1. The average molecular weight is 666 g/mol. The Kier molecular flexibility index (Phi) is 19.0. The molecule has 6 heteroatoms. The molecule has 0 unspecified atom stereocenters. The van der Waals surface area contributed by atoms with E-state index in [0.717, 1.165) is 36.2 Å². The smallest absolute Gasteiger partial charge is 0.228 e. The van der Waals surface area contributed by atoms with Gasteiger partial charge in [-0.3, -0.25) is 9.59 Å². The van der Waals surface area contributed by atoms with Crippen LogP contribution in [0, 0.1) is 0 Å². The van der Waals surface area contributed by atoms with Crippen molar-refractivity contribution >= 4 is 17.4 Å². The number of halogens is 1. The molecule has 240 valence electrons. The van der Waals surface area contributed by atoms with Gasteiger partial charge in [-0.2, -0.15) is 0 Å². The molecule has 0 saturated carbocycles. The monoisotopic (exact) mass is 664 g/mol. The average Bonchev–Trinajstić information content (AvgIpc) is 3.01. The number of pyridine rings is 1. The second-order valence-corrected chi connectivity index (χ2v) is 11.8. The summed E-state index contributed by atoms with van der Waals surface area (Å²) in [4.78, 5) is 25.3. The number of amides is 1. The Bertz CT molecular complexity index is 1210. The molecule has 0 saturated heterocycles. The summed E-state index contributed by atoms with van der Waals surface area (Å²) < 4.78 is 8.26. The van der Waals surface area contributed by atoms with Gasteiger partial charge in [0.1, 0.15) is 5.75 Å². The molecule has 1 heterocycles. The van der Waals surface area contributed by atoms with E-state index in [0.29, 0.717) is 17.9 Å². The minimum atomic E-state index is -0.132. The molecule has 3 rings (SSSR count). The molecular formula is C38H53BrN2O3. The van der Waals surface area contributed by atoms with Gasteiger partial charge in [-0.05, 0) is 31.5 Å². The molecule has 1 amide bonds. The van der Waals surface area contributed by atoms with E-state index in [-0.39, 0.29) is 35.1 Å². The molecule has 1 N–H and O–H groups in total. The lowest BCUT2D eigenvalue weighted by Gasteiger charge is -2.15. The van der Waals surface area contributed by atoms with E-state index in [1.165, 1.54) is 77.0 Å². The number of nitrogens with zero attached hydrogens (tertiary/aromatic N) is 1. The number of carbonyl (C=O) groups is 2. The van der Waals surface area contributed by atoms with Gasteiger partial charge in [-0.15, -0.1) is 0 Å². The van der Waals surface area contributed by atoms with E-state index in [2.05, 4.69) is 16.8 Å². The molecule has 1 aromatic heterocycles. The molecular weight excluding hydrogens is 612 g/mol. The van der Waals surface area contributed by atoms with Gasteiger partial charge in [0, 0.05) is 28.9 Å². The third-order valence-corrected chi connectivity index (χ3v) is 7.95. The van der Waals surface area contributed by atoms with Crippen LogP contribution in [0.2, 0.25) is 0 Å². The van der Waals surface area contributed by atoms with Crippen molar-refractivity contribution in [1.82, 2.24) is 0 Å². The first-order chi connectivity index (χ1) is 21.1. The first-order valence-electron chi connectivity index (χ1n) is 16.7. The predicted molar refractivity (Wildman–Crippen MR) is 177 cm³/mol. The number of rotatable bonds is 22. The highest BCUT2D eigenvalue weighted by Gasteiger charge is 2.16. The van der Waals surface area contributed by atoms with Crippen molar-refractivity contribution in [3.63, 3.8) is 0 Å². The van der Waals surface area contributed by atoms with Crippen LogP contribution in [-0.4, -0.2) is 18.3 Å². The molecule has 3 aromatic rings. The maximum Gasteiger partial charge on any atom is 0.228 e. The Morgan fingerprint density at radius 3 is 1.84 bits per heavy atom. The van der Waals surface area contributed by atoms with Gasteiger partial charge in [0.25, 0.3) is 0 Å². The van der Waals surface area contributed by atoms with Gasteiger partial charge < -0.3 is 27.0 Å². The highest BCUT2D eigenvalue weighted by molar-refractivity contribution is 5.98. The maximum atomic E-state index is 12.9. The number of Topliss-reactive ketones (excluding diaryl/α,β-unsaturated/α-hetero) is 1. The molecule has 0 atom stereocenters. The summed E-state index contributed by atoms with van der Waals surface area (Å²) in [6.45, 7) is 5.15. The number of carbonyl (C=O) groups excluding carboxylic acids is 2. The van der Waals surface area contributed by atoms with Crippen LogP contribution >= 0.6 is 0 Å². The van der Waals surface area contributed by atoms with Crippen LogP contribution in [0.1, 0.15) is 125 Å². The van der Waals surface area contributed by atoms with Crippen molar-refractivity contribution in [3.8, 4) is 5.75 Å². The first-order valence-corrected chi connectivity index (χ1v) is 16.7. The molecule has 44 heavy (non-hydrogen) atoms. The minimum absolute atomic E-state index is 0. The molecule has 0 aliphatic carbocycles. The standard InChI is InChI=1S/C38H52N2O3.BrH/c1-3-4-5-6-7-8-9-10-11-12-13-14-15-19-29-43-38-34(21-20-22-36(38)32(2)41)30-37(42)39-35-25-23-33(24-26-35)31-40-27-17-16-18-28-40;/h16-18,20-28H,3-15,19,29-31H2,1-2H3;1H. The number of ether oxygens (including phenoxy) is 1. The number of nitrogens with one attached hydrogen (secondary N) is 1. The maximum absolute atomic E-state index is 12.9. The summed E-state index contributed by atoms with van der Waals surface area (Å²) >= 11 is 0. The zero-order chi connectivity index (χ0) is 30.5. The lowest BCUT2D eigenvalue weighted by molar-refractivity contribution is -0.688. The van der Waals surface area contributed by atoms with E-state index in [1.807, 2.05) is 67.0 Å². The molecule has 0 aliphatic heterocycles. The summed E-state index contributed by atoms with van der Waals surface area (Å²) in [5.41, 5.74) is 3.19. The summed E-state index contributed by atoms with van der Waals surface area (Å²) in [5.74, 6) is 0.368. The second-order valence-electron chi connectivity index (χ2n) is 11.8. The van der Waals surface area contributed by atoms with Crippen molar-refractivity contribution < 1.29 is 35.9 Å². The second kappa shape index (κ2) is 22.5. The van der Waals surface area contributed by atoms with Crippen molar-refractivity contribution in [1.29, 1.82) is 0 Å². The molecule has 2 aromatic carbocycles. The molecule has 5 nitrogen and oxygen atoms in total. The van der Waals surface area contributed by atoms with Gasteiger partial charge >= 0.3 is 0 Å². The van der Waals surface area contributed by atoms with E-state index < -0.39 is 0 Å². The lowest BCUT2D eigenvalue weighted by Crippen LogP contribution is -3.00. The minimum Gasteiger partial charge on any atom is -1.00 e. The van der Waals surface area contributed by atoms with Crippen molar-refractivity contribution in [2.75, 3.05) is 11.9 Å². The fraction of sp³-hybridized carbons (Fsp3) is 0.500. The largest absolute Gasteiger partial charge is 1.00 e. The quantitative estimate of drug-likeness (QED) is 0.0783. The van der Waals surface area contributed by atoms with Crippen molar-refractivity contribution in [3.05, 3.63) is 89.7 Å². The number of ketones is 1. The van der Waals surface area contributed by atoms with Gasteiger partial charge in [-0.1, -0.05) is 121 Å². The molecule has 0 spiro atoms. The van der Waals surface area contributed by atoms with Crippen LogP contribution in [0.5, 0.6) is 5.75 Å². The Hall–Kier alpha value is -2.99. The Morgan fingerprint density at radius 1 is 0.705 bits per heavy atom. The van der Waals surface area contributed by atoms with Crippen LogP contribution in [0.25, 0.3) is 0 Å². The lowest BCUT2D eigenvalue weighted by atomic mass is 10.0. The van der Waals surface area contributed by atoms with Gasteiger partial charge in [0.2, 0.25) is 5.91 Å². The third-order valence-electron chi connectivity index (χ3n) is 7.95. The Labute approximate surface area is 276 Å². The highest BCUT2D eigenvalue weighted by Crippen LogP contribution is 2.26. The van der Waals surface area contributed by atoms with Crippen LogP contribution in [-0.2, 0) is 17.8 Å². The molecule has 0 bridgehead atoms. The third kappa shape index (κ3) is 14.7. The fourth-order valence-corrected chi connectivity index (χ4v) is 5.46. The topological polar surface area (TPSA) is 59.3 Å². The summed E-state index contributed by atoms with van der Waals surface area (Å²) in [7, 11) is 0. The number of para-hydroxylation sites is 1. The number of unbranched alkanes of at least 4 members (excludes halogenated alkanes) is 13. The zero-order valence-electron chi connectivity index (χ0n) is 27.0. The Balaban J connectivity index is 0.00000675. The number of anilines is 1. The van der Waals surface area contributed by atoms with Gasteiger partial charge in [0.05, 0.1) is 18.6 Å². The first kappa shape index (κ1) is 37.2. The van der Waals surface area contributed by atoms with Crippen molar-refractivity contribution in [2.24, 2.45) is 0 Å². The van der Waals surface area contributed by atoms with Crippen molar-refractivity contribution in [2.45, 2.75) is 117 Å². The van der Waals surface area contributed by atoms with E-state index in [9.17, 15) is 9.59 Å². The van der Waals surface area contributed by atoms with Gasteiger partial charge in [-0.25, -0.2) is 4.57 Å². The zero-order valence-corrected chi connectivity index (χ0v) is 28.6. The molecule has 0 aliphatic rings.